The molecule has 0 saturated heterocycles. The second kappa shape index (κ2) is 6.85. The fourth-order valence-corrected chi connectivity index (χ4v) is 1.85. The molecule has 1 heterocycles. The lowest BCUT2D eigenvalue weighted by Crippen LogP contribution is -2.38. The molecule has 6 nitrogen and oxygen atoms in total. The monoisotopic (exact) mass is 257 g/mol. The van der Waals surface area contributed by atoms with Crippen LogP contribution in [0.1, 0.15) is 24.3 Å². The zero-order valence-electron chi connectivity index (χ0n) is 9.47. The van der Waals surface area contributed by atoms with E-state index in [-0.39, 0.29) is 24.9 Å². The van der Waals surface area contributed by atoms with Gasteiger partial charge in [0.05, 0.1) is 11.4 Å². The summed E-state index contributed by atoms with van der Waals surface area (Å²) in [6, 6.07) is -0.352. The van der Waals surface area contributed by atoms with Crippen molar-refractivity contribution in [2.75, 3.05) is 13.1 Å². The van der Waals surface area contributed by atoms with Gasteiger partial charge in [-0.15, -0.1) is 11.3 Å². The summed E-state index contributed by atoms with van der Waals surface area (Å²) in [5.74, 6) is -0.776. The lowest BCUT2D eigenvalue weighted by Gasteiger charge is -2.10. The Morgan fingerprint density at radius 1 is 1.53 bits per heavy atom. The van der Waals surface area contributed by atoms with Gasteiger partial charge >= 0.3 is 12.0 Å². The van der Waals surface area contributed by atoms with Gasteiger partial charge in [0, 0.05) is 30.6 Å². The molecule has 1 unspecified atom stereocenters. The number of amides is 2. The maximum absolute atomic E-state index is 11.3. The molecule has 2 amide bonds. The van der Waals surface area contributed by atoms with E-state index in [0.29, 0.717) is 6.54 Å². The van der Waals surface area contributed by atoms with E-state index >= 15 is 0 Å². The van der Waals surface area contributed by atoms with Gasteiger partial charge in [0.15, 0.2) is 0 Å². The Morgan fingerprint density at radius 3 is 2.88 bits per heavy atom. The summed E-state index contributed by atoms with van der Waals surface area (Å²) in [5, 5.41) is 16.4. The number of aromatic nitrogens is 1. The Labute approximate surface area is 103 Å². The van der Waals surface area contributed by atoms with Crippen molar-refractivity contribution in [3.8, 4) is 0 Å². The van der Waals surface area contributed by atoms with E-state index in [2.05, 4.69) is 15.6 Å². The van der Waals surface area contributed by atoms with Gasteiger partial charge in [-0.2, -0.15) is 0 Å². The first kappa shape index (κ1) is 13.4. The molecule has 1 aromatic rings. The van der Waals surface area contributed by atoms with Crippen molar-refractivity contribution < 1.29 is 14.7 Å². The number of carbonyl (C=O) groups is 2. The van der Waals surface area contributed by atoms with E-state index in [4.69, 9.17) is 5.11 Å². The van der Waals surface area contributed by atoms with E-state index < -0.39 is 5.97 Å². The van der Waals surface area contributed by atoms with Crippen LogP contribution in [0.3, 0.4) is 0 Å². The van der Waals surface area contributed by atoms with Crippen LogP contribution in [-0.4, -0.2) is 35.2 Å². The fourth-order valence-electron chi connectivity index (χ4n) is 1.16. The van der Waals surface area contributed by atoms with Crippen LogP contribution in [0.2, 0.25) is 0 Å². The van der Waals surface area contributed by atoms with E-state index in [9.17, 15) is 9.59 Å². The Hall–Kier alpha value is -1.63. The van der Waals surface area contributed by atoms with E-state index in [1.165, 1.54) is 0 Å². The summed E-state index contributed by atoms with van der Waals surface area (Å²) in [6.45, 7) is 2.58. The Bertz CT molecular complexity index is 367. The van der Waals surface area contributed by atoms with Gasteiger partial charge in [-0.1, -0.05) is 6.92 Å². The lowest BCUT2D eigenvalue weighted by molar-refractivity contribution is -0.136. The maximum Gasteiger partial charge on any atom is 0.314 e. The lowest BCUT2D eigenvalue weighted by atomic mass is 10.2. The second-order valence-corrected chi connectivity index (χ2v) is 4.48. The highest BCUT2D eigenvalue weighted by Gasteiger charge is 2.09. The highest BCUT2D eigenvalue weighted by molar-refractivity contribution is 7.09. The molecular weight excluding hydrogens is 242 g/mol. The van der Waals surface area contributed by atoms with Gasteiger partial charge in [0.25, 0.3) is 0 Å². The summed E-state index contributed by atoms with van der Waals surface area (Å²) in [6.07, 6.45) is 1.65. The van der Waals surface area contributed by atoms with Crippen LogP contribution in [0.15, 0.2) is 11.6 Å². The quantitative estimate of drug-likeness (QED) is 0.709. The summed E-state index contributed by atoms with van der Waals surface area (Å²) in [7, 11) is 0. The number of rotatable bonds is 6. The molecule has 0 bridgehead atoms. The topological polar surface area (TPSA) is 91.3 Å². The molecule has 0 fully saturated rings. The zero-order chi connectivity index (χ0) is 12.7. The molecular formula is C10H15N3O3S. The van der Waals surface area contributed by atoms with Crippen molar-refractivity contribution in [2.45, 2.75) is 19.3 Å². The molecule has 1 aromatic heterocycles. The molecule has 0 saturated carbocycles. The number of aliphatic carboxylic acids is 1. The highest BCUT2D eigenvalue weighted by Crippen LogP contribution is 2.15. The van der Waals surface area contributed by atoms with Gasteiger partial charge in [0.1, 0.15) is 0 Å². The molecule has 3 N–H and O–H groups in total. The maximum atomic E-state index is 11.3. The van der Waals surface area contributed by atoms with Gasteiger partial charge in [0.2, 0.25) is 0 Å². The first-order valence-corrected chi connectivity index (χ1v) is 6.10. The van der Waals surface area contributed by atoms with E-state index in [0.717, 1.165) is 5.01 Å². The average molecular weight is 257 g/mol. The van der Waals surface area contributed by atoms with Crippen LogP contribution >= 0.6 is 11.3 Å². The number of nitrogens with zero attached hydrogens (tertiary/aromatic N) is 1. The predicted molar refractivity (Wildman–Crippen MR) is 64.2 cm³/mol. The third-order valence-electron chi connectivity index (χ3n) is 2.07. The summed E-state index contributed by atoms with van der Waals surface area (Å²) >= 11 is 1.54. The molecule has 0 aliphatic carbocycles. The molecule has 17 heavy (non-hydrogen) atoms. The summed E-state index contributed by atoms with van der Waals surface area (Å²) < 4.78 is 0. The molecule has 0 radical (unpaired) electrons. The number of hydrogen-bond donors (Lipinski definition) is 3. The normalized spacial score (nSPS) is 11.8. The molecule has 0 aromatic carbocycles. The summed E-state index contributed by atoms with van der Waals surface area (Å²) in [5.41, 5.74) is 0. The number of urea groups is 1. The van der Waals surface area contributed by atoms with Crippen LogP contribution in [0.4, 0.5) is 4.79 Å². The molecule has 0 aliphatic heterocycles. The van der Waals surface area contributed by atoms with Crippen molar-refractivity contribution in [3.63, 3.8) is 0 Å². The van der Waals surface area contributed by atoms with Crippen molar-refractivity contribution >= 4 is 23.3 Å². The van der Waals surface area contributed by atoms with Crippen LogP contribution in [0, 0.1) is 0 Å². The summed E-state index contributed by atoms with van der Waals surface area (Å²) in [4.78, 5) is 25.6. The third-order valence-corrected chi connectivity index (χ3v) is 3.07. The van der Waals surface area contributed by atoms with Crippen molar-refractivity contribution in [1.82, 2.24) is 15.6 Å². The number of nitrogens with one attached hydrogen (secondary N) is 2. The van der Waals surface area contributed by atoms with E-state index in [1.54, 1.807) is 17.5 Å². The molecule has 1 atom stereocenters. The van der Waals surface area contributed by atoms with Crippen LogP contribution in [0.25, 0.3) is 0 Å². The molecule has 7 heteroatoms. The average Bonchev–Trinajstić information content (AvgIpc) is 2.78. The van der Waals surface area contributed by atoms with Gasteiger partial charge in [-0.05, 0) is 0 Å². The minimum Gasteiger partial charge on any atom is -0.481 e. The number of hydrogen-bond acceptors (Lipinski definition) is 4. The largest absolute Gasteiger partial charge is 0.481 e. The second-order valence-electron chi connectivity index (χ2n) is 3.55. The SMILES string of the molecule is CC(CNC(=O)NCCC(=O)O)c1nccs1. The number of carbonyl (C=O) groups excluding carboxylic acids is 1. The molecule has 1 rings (SSSR count). The van der Waals surface area contributed by atoms with Crippen molar-refractivity contribution in [3.05, 3.63) is 16.6 Å². The number of carboxylic acid groups (broad SMARTS) is 1. The smallest absolute Gasteiger partial charge is 0.314 e. The fraction of sp³-hybridized carbons (Fsp3) is 0.500. The number of carboxylic acids is 1. The minimum atomic E-state index is -0.929. The van der Waals surface area contributed by atoms with Crippen LogP contribution < -0.4 is 10.6 Å². The van der Waals surface area contributed by atoms with E-state index in [1.807, 2.05) is 12.3 Å². The van der Waals surface area contributed by atoms with Crippen LogP contribution in [0.5, 0.6) is 0 Å². The minimum absolute atomic E-state index is 0.0740. The standard InChI is InChI=1S/C10H15N3O3S/c1-7(9-11-4-5-17-9)6-13-10(16)12-3-2-8(14)15/h4-5,7H,2-3,6H2,1H3,(H,14,15)(H2,12,13,16). The Balaban J connectivity index is 2.17. The molecule has 0 spiro atoms. The first-order valence-electron chi connectivity index (χ1n) is 5.22. The number of thiazole rings is 1. The van der Waals surface area contributed by atoms with Gasteiger partial charge < -0.3 is 15.7 Å². The van der Waals surface area contributed by atoms with Gasteiger partial charge in [-0.3, -0.25) is 4.79 Å². The van der Waals surface area contributed by atoms with Crippen molar-refractivity contribution in [2.24, 2.45) is 0 Å². The predicted octanol–water partition coefficient (Wildman–Crippen LogP) is 1.02. The van der Waals surface area contributed by atoms with Crippen molar-refractivity contribution in [1.29, 1.82) is 0 Å². The Kier molecular flexibility index (Phi) is 5.41. The Morgan fingerprint density at radius 2 is 2.29 bits per heavy atom. The van der Waals surface area contributed by atoms with Gasteiger partial charge in [-0.25, -0.2) is 9.78 Å². The first-order chi connectivity index (χ1) is 8.09. The molecule has 94 valence electrons. The zero-order valence-corrected chi connectivity index (χ0v) is 10.3. The third kappa shape index (κ3) is 5.30. The molecule has 0 aliphatic rings. The van der Waals surface area contributed by atoms with Crippen LogP contribution in [-0.2, 0) is 4.79 Å². The highest BCUT2D eigenvalue weighted by atomic mass is 32.1.